The summed E-state index contributed by atoms with van der Waals surface area (Å²) in [6.07, 6.45) is 4.93. The first-order valence-electron chi connectivity index (χ1n) is 6.49. The van der Waals surface area contributed by atoms with Crippen LogP contribution in [0.4, 0.5) is 0 Å². The molecule has 0 aromatic heterocycles. The molecule has 0 radical (unpaired) electrons. The van der Waals surface area contributed by atoms with Crippen molar-refractivity contribution in [1.82, 2.24) is 4.90 Å². The topological polar surface area (TPSA) is 57.6 Å². The number of hydrogen-bond donors (Lipinski definition) is 1. The Morgan fingerprint density at radius 1 is 1.47 bits per heavy atom. The van der Waals surface area contributed by atoms with Crippen molar-refractivity contribution < 1.29 is 14.7 Å². The number of aliphatic carboxylic acids is 1. The first-order valence-corrected chi connectivity index (χ1v) is 6.49. The fourth-order valence-electron chi connectivity index (χ4n) is 3.20. The number of carbonyl (C=O) groups is 2. The lowest BCUT2D eigenvalue weighted by Gasteiger charge is -2.36. The Balaban J connectivity index is 2.06. The van der Waals surface area contributed by atoms with E-state index in [2.05, 4.69) is 11.9 Å². The molecule has 1 saturated carbocycles. The average molecular weight is 239 g/mol. The third kappa shape index (κ3) is 2.51. The molecule has 1 aliphatic heterocycles. The van der Waals surface area contributed by atoms with Crippen molar-refractivity contribution in [1.29, 1.82) is 0 Å². The number of carbonyl (C=O) groups excluding carboxylic acids is 1. The predicted molar refractivity (Wildman–Crippen MR) is 63.8 cm³/mol. The first kappa shape index (κ1) is 12.6. The Morgan fingerprint density at radius 3 is 2.59 bits per heavy atom. The molecule has 4 nitrogen and oxygen atoms in total. The highest BCUT2D eigenvalue weighted by atomic mass is 16.4. The van der Waals surface area contributed by atoms with Gasteiger partial charge in [0.05, 0.1) is 5.41 Å². The minimum Gasteiger partial charge on any atom is -0.481 e. The molecule has 1 heterocycles. The van der Waals surface area contributed by atoms with Crippen molar-refractivity contribution in [3.8, 4) is 0 Å². The molecule has 17 heavy (non-hydrogen) atoms. The molecule has 96 valence electrons. The number of carboxylic acid groups (broad SMARTS) is 1. The fraction of sp³-hybridized carbons (Fsp3) is 0.846. The first-order chi connectivity index (χ1) is 8.03. The molecule has 1 unspecified atom stereocenters. The van der Waals surface area contributed by atoms with E-state index in [1.54, 1.807) is 0 Å². The van der Waals surface area contributed by atoms with Gasteiger partial charge in [-0.15, -0.1) is 0 Å². The van der Waals surface area contributed by atoms with Crippen molar-refractivity contribution in [3.63, 3.8) is 0 Å². The minimum atomic E-state index is -0.703. The van der Waals surface area contributed by atoms with Gasteiger partial charge < -0.3 is 10.0 Å². The zero-order valence-corrected chi connectivity index (χ0v) is 10.4. The summed E-state index contributed by atoms with van der Waals surface area (Å²) in [4.78, 5) is 25.1. The van der Waals surface area contributed by atoms with E-state index in [1.165, 1.54) is 0 Å². The Hall–Kier alpha value is -0.900. The Bertz CT molecular complexity index is 317. The summed E-state index contributed by atoms with van der Waals surface area (Å²) in [6.45, 7) is 1.07. The largest absolute Gasteiger partial charge is 0.481 e. The third-order valence-electron chi connectivity index (χ3n) is 4.52. The molecular weight excluding hydrogens is 218 g/mol. The maximum Gasteiger partial charge on any atom is 0.309 e. The molecule has 0 aromatic carbocycles. The fourth-order valence-corrected chi connectivity index (χ4v) is 3.20. The van der Waals surface area contributed by atoms with Crippen LogP contribution in [0.15, 0.2) is 0 Å². The van der Waals surface area contributed by atoms with Gasteiger partial charge in [0.2, 0.25) is 0 Å². The monoisotopic (exact) mass is 239 g/mol. The van der Waals surface area contributed by atoms with Gasteiger partial charge in [-0.3, -0.25) is 9.59 Å². The van der Waals surface area contributed by atoms with Crippen LogP contribution in [0.1, 0.15) is 44.9 Å². The van der Waals surface area contributed by atoms with Crippen molar-refractivity contribution in [2.75, 3.05) is 13.6 Å². The Labute approximate surface area is 102 Å². The van der Waals surface area contributed by atoms with Crippen molar-refractivity contribution in [2.24, 2.45) is 5.41 Å². The molecule has 0 spiro atoms. The van der Waals surface area contributed by atoms with E-state index in [0.717, 1.165) is 19.4 Å². The van der Waals surface area contributed by atoms with Gasteiger partial charge in [-0.2, -0.15) is 0 Å². The summed E-state index contributed by atoms with van der Waals surface area (Å²) < 4.78 is 0. The predicted octanol–water partition coefficient (Wildman–Crippen LogP) is 1.68. The second kappa shape index (κ2) is 4.77. The number of ketones is 1. The standard InChI is InChI=1S/C13H21NO3/c1-14-8-2-3-10(14)9-13(12(16)17)6-4-11(15)5-7-13/h10H,2-9H2,1H3,(H,16,17). The zero-order valence-electron chi connectivity index (χ0n) is 10.4. The number of Topliss-reactive ketones (excluding diaryl/α,β-unsaturated/α-hetero) is 1. The normalized spacial score (nSPS) is 29.5. The van der Waals surface area contributed by atoms with Crippen molar-refractivity contribution in [3.05, 3.63) is 0 Å². The molecule has 4 heteroatoms. The molecule has 0 bridgehead atoms. The van der Waals surface area contributed by atoms with E-state index >= 15 is 0 Å². The highest BCUT2D eigenvalue weighted by Gasteiger charge is 2.44. The Kier molecular flexibility index (Phi) is 3.52. The second-order valence-electron chi connectivity index (χ2n) is 5.60. The molecule has 0 aromatic rings. The van der Waals surface area contributed by atoms with Gasteiger partial charge >= 0.3 is 5.97 Å². The number of likely N-dealkylation sites (tertiary alicyclic amines) is 1. The summed E-state index contributed by atoms with van der Waals surface area (Å²) in [5.74, 6) is -0.480. The number of hydrogen-bond acceptors (Lipinski definition) is 3. The average Bonchev–Trinajstić information content (AvgIpc) is 2.68. The van der Waals surface area contributed by atoms with Gasteiger partial charge in [-0.05, 0) is 45.7 Å². The van der Waals surface area contributed by atoms with E-state index in [-0.39, 0.29) is 5.78 Å². The lowest BCUT2D eigenvalue weighted by Crippen LogP contribution is -2.41. The molecule has 1 atom stereocenters. The van der Waals surface area contributed by atoms with Crippen molar-refractivity contribution in [2.45, 2.75) is 51.0 Å². The third-order valence-corrected chi connectivity index (χ3v) is 4.52. The molecule has 2 fully saturated rings. The van der Waals surface area contributed by atoms with Crippen LogP contribution < -0.4 is 0 Å². The summed E-state index contributed by atoms with van der Waals surface area (Å²) in [7, 11) is 2.07. The summed E-state index contributed by atoms with van der Waals surface area (Å²) in [5.41, 5.74) is -0.642. The highest BCUT2D eigenvalue weighted by molar-refractivity contribution is 5.83. The number of carboxylic acids is 1. The molecule has 2 aliphatic rings. The van der Waals surface area contributed by atoms with E-state index < -0.39 is 11.4 Å². The molecule has 2 rings (SSSR count). The molecule has 1 aliphatic carbocycles. The van der Waals surface area contributed by atoms with E-state index in [1.807, 2.05) is 0 Å². The van der Waals surface area contributed by atoms with Crippen LogP contribution in [0.25, 0.3) is 0 Å². The van der Waals surface area contributed by atoms with Gasteiger partial charge in [0.1, 0.15) is 5.78 Å². The number of nitrogens with zero attached hydrogens (tertiary/aromatic N) is 1. The second-order valence-corrected chi connectivity index (χ2v) is 5.60. The van der Waals surface area contributed by atoms with Gasteiger partial charge in [0.15, 0.2) is 0 Å². The van der Waals surface area contributed by atoms with Gasteiger partial charge in [-0.25, -0.2) is 0 Å². The van der Waals surface area contributed by atoms with Crippen LogP contribution in [0, 0.1) is 5.41 Å². The van der Waals surface area contributed by atoms with Crippen molar-refractivity contribution >= 4 is 11.8 Å². The van der Waals surface area contributed by atoms with E-state index in [0.29, 0.717) is 38.1 Å². The smallest absolute Gasteiger partial charge is 0.309 e. The highest BCUT2D eigenvalue weighted by Crippen LogP contribution is 2.41. The molecule has 1 N–H and O–H groups in total. The summed E-state index contributed by atoms with van der Waals surface area (Å²) >= 11 is 0. The summed E-state index contributed by atoms with van der Waals surface area (Å²) in [6, 6.07) is 0.388. The molecule has 1 saturated heterocycles. The van der Waals surface area contributed by atoms with Crippen LogP contribution in [-0.2, 0) is 9.59 Å². The lowest BCUT2D eigenvalue weighted by molar-refractivity contribution is -0.153. The van der Waals surface area contributed by atoms with Crippen LogP contribution in [0.3, 0.4) is 0 Å². The molecule has 0 amide bonds. The maximum absolute atomic E-state index is 11.5. The van der Waals surface area contributed by atoms with E-state index in [9.17, 15) is 14.7 Å². The SMILES string of the molecule is CN1CCCC1CC1(C(=O)O)CCC(=O)CC1. The van der Waals surface area contributed by atoms with Crippen LogP contribution >= 0.6 is 0 Å². The minimum absolute atomic E-state index is 0.224. The lowest BCUT2D eigenvalue weighted by atomic mass is 9.69. The molecular formula is C13H21NO3. The van der Waals surface area contributed by atoms with Gasteiger partial charge in [0, 0.05) is 18.9 Å². The van der Waals surface area contributed by atoms with E-state index in [4.69, 9.17) is 0 Å². The summed E-state index contributed by atoms with van der Waals surface area (Å²) in [5, 5.41) is 9.49. The Morgan fingerprint density at radius 2 is 2.12 bits per heavy atom. The maximum atomic E-state index is 11.5. The number of rotatable bonds is 3. The van der Waals surface area contributed by atoms with Crippen LogP contribution in [0.2, 0.25) is 0 Å². The quantitative estimate of drug-likeness (QED) is 0.814. The van der Waals surface area contributed by atoms with Gasteiger partial charge in [-0.1, -0.05) is 0 Å². The zero-order chi connectivity index (χ0) is 12.5. The van der Waals surface area contributed by atoms with Crippen LogP contribution in [0.5, 0.6) is 0 Å². The van der Waals surface area contributed by atoms with Crippen LogP contribution in [-0.4, -0.2) is 41.4 Å². The van der Waals surface area contributed by atoms with Gasteiger partial charge in [0.25, 0.3) is 0 Å².